The molecule has 0 aliphatic carbocycles. The summed E-state index contributed by atoms with van der Waals surface area (Å²) in [5, 5.41) is 18.2. The van der Waals surface area contributed by atoms with E-state index in [0.29, 0.717) is 11.3 Å². The Morgan fingerprint density at radius 2 is 2.07 bits per heavy atom. The van der Waals surface area contributed by atoms with E-state index in [-0.39, 0.29) is 11.3 Å². The van der Waals surface area contributed by atoms with Crippen molar-refractivity contribution >= 4 is 0 Å². The number of phenols is 1. The first-order chi connectivity index (χ1) is 6.90. The molecule has 0 atom stereocenters. The van der Waals surface area contributed by atoms with Crippen molar-refractivity contribution in [3.63, 3.8) is 0 Å². The zero-order chi connectivity index (χ0) is 11.6. The van der Waals surface area contributed by atoms with Crippen LogP contribution in [-0.2, 0) is 5.54 Å². The first-order valence-corrected chi connectivity index (χ1v) is 4.50. The highest BCUT2D eigenvalue weighted by molar-refractivity contribution is 5.53. The molecule has 0 aliphatic heterocycles. The zero-order valence-corrected chi connectivity index (χ0v) is 9.03. The van der Waals surface area contributed by atoms with Crippen LogP contribution in [0.2, 0.25) is 0 Å². The van der Waals surface area contributed by atoms with Gasteiger partial charge in [0.2, 0.25) is 0 Å². The van der Waals surface area contributed by atoms with Crippen LogP contribution in [0, 0.1) is 11.3 Å². The highest BCUT2D eigenvalue weighted by Gasteiger charge is 2.21. The standard InChI is InChI=1S/C11H14N2O2/c1-11(2,13)8-4-7(6-12)9(14)5-10(8)15-3/h4-5,14H,13H2,1-3H3. The van der Waals surface area contributed by atoms with Gasteiger partial charge in [-0.25, -0.2) is 0 Å². The van der Waals surface area contributed by atoms with Crippen LogP contribution >= 0.6 is 0 Å². The quantitative estimate of drug-likeness (QED) is 0.767. The van der Waals surface area contributed by atoms with Crippen molar-refractivity contribution in [2.24, 2.45) is 5.73 Å². The molecule has 0 spiro atoms. The second kappa shape index (κ2) is 3.79. The summed E-state index contributed by atoms with van der Waals surface area (Å²) in [5.41, 5.74) is 6.21. The summed E-state index contributed by atoms with van der Waals surface area (Å²) in [7, 11) is 1.50. The Morgan fingerprint density at radius 1 is 1.47 bits per heavy atom. The summed E-state index contributed by atoms with van der Waals surface area (Å²) in [6.45, 7) is 3.62. The molecule has 0 aromatic heterocycles. The first kappa shape index (κ1) is 11.3. The van der Waals surface area contributed by atoms with Crippen molar-refractivity contribution in [2.75, 3.05) is 7.11 Å². The summed E-state index contributed by atoms with van der Waals surface area (Å²) < 4.78 is 5.10. The predicted octanol–water partition coefficient (Wildman–Crippen LogP) is 1.47. The molecule has 1 aromatic rings. The second-order valence-electron chi connectivity index (χ2n) is 3.90. The molecule has 0 unspecified atom stereocenters. The molecule has 3 N–H and O–H groups in total. The Hall–Kier alpha value is -1.73. The fourth-order valence-corrected chi connectivity index (χ4v) is 1.33. The van der Waals surface area contributed by atoms with Gasteiger partial charge >= 0.3 is 0 Å². The van der Waals surface area contributed by atoms with E-state index < -0.39 is 5.54 Å². The Kier molecular flexibility index (Phi) is 2.87. The van der Waals surface area contributed by atoms with E-state index >= 15 is 0 Å². The van der Waals surface area contributed by atoms with Crippen LogP contribution in [0.1, 0.15) is 25.0 Å². The van der Waals surface area contributed by atoms with Crippen molar-refractivity contribution in [3.8, 4) is 17.6 Å². The largest absolute Gasteiger partial charge is 0.506 e. The molecule has 0 fully saturated rings. The van der Waals surface area contributed by atoms with Crippen molar-refractivity contribution in [3.05, 3.63) is 23.3 Å². The van der Waals surface area contributed by atoms with Gasteiger partial charge in [0.05, 0.1) is 12.7 Å². The number of hydrogen-bond acceptors (Lipinski definition) is 4. The van der Waals surface area contributed by atoms with E-state index in [4.69, 9.17) is 15.7 Å². The summed E-state index contributed by atoms with van der Waals surface area (Å²) in [4.78, 5) is 0. The molecule has 15 heavy (non-hydrogen) atoms. The maximum absolute atomic E-state index is 9.47. The maximum atomic E-state index is 9.47. The van der Waals surface area contributed by atoms with Gasteiger partial charge in [-0.2, -0.15) is 5.26 Å². The van der Waals surface area contributed by atoms with Crippen LogP contribution < -0.4 is 10.5 Å². The fraction of sp³-hybridized carbons (Fsp3) is 0.364. The average molecular weight is 206 g/mol. The number of nitrogens with zero attached hydrogens (tertiary/aromatic N) is 1. The SMILES string of the molecule is COc1cc(O)c(C#N)cc1C(C)(C)N. The molecule has 4 heteroatoms. The molecule has 0 saturated heterocycles. The average Bonchev–Trinajstić information content (AvgIpc) is 2.15. The minimum absolute atomic E-state index is 0.0950. The number of aromatic hydroxyl groups is 1. The number of rotatable bonds is 2. The molecule has 0 radical (unpaired) electrons. The van der Waals surface area contributed by atoms with Gasteiger partial charge in [0.25, 0.3) is 0 Å². The lowest BCUT2D eigenvalue weighted by Gasteiger charge is -2.22. The molecule has 0 saturated carbocycles. The van der Waals surface area contributed by atoms with E-state index in [2.05, 4.69) is 0 Å². The molecular formula is C11H14N2O2. The Bertz CT molecular complexity index is 414. The molecular weight excluding hydrogens is 192 g/mol. The third kappa shape index (κ3) is 2.20. The zero-order valence-electron chi connectivity index (χ0n) is 9.03. The number of hydrogen-bond donors (Lipinski definition) is 2. The number of methoxy groups -OCH3 is 1. The smallest absolute Gasteiger partial charge is 0.137 e. The monoisotopic (exact) mass is 206 g/mol. The van der Waals surface area contributed by atoms with Crippen molar-refractivity contribution in [2.45, 2.75) is 19.4 Å². The molecule has 0 heterocycles. The molecule has 1 aromatic carbocycles. The Balaban J connectivity index is 3.44. The Morgan fingerprint density at radius 3 is 2.47 bits per heavy atom. The van der Waals surface area contributed by atoms with Gasteiger partial charge in [-0.05, 0) is 19.9 Å². The van der Waals surface area contributed by atoms with E-state index in [1.807, 2.05) is 19.9 Å². The second-order valence-corrected chi connectivity index (χ2v) is 3.90. The van der Waals surface area contributed by atoms with Crippen LogP contribution in [0.5, 0.6) is 11.5 Å². The van der Waals surface area contributed by atoms with Crippen molar-refractivity contribution in [1.29, 1.82) is 5.26 Å². The van der Waals surface area contributed by atoms with Crippen molar-refractivity contribution < 1.29 is 9.84 Å². The van der Waals surface area contributed by atoms with Crippen LogP contribution in [-0.4, -0.2) is 12.2 Å². The van der Waals surface area contributed by atoms with Gasteiger partial charge in [-0.15, -0.1) is 0 Å². The lowest BCUT2D eigenvalue weighted by Crippen LogP contribution is -2.29. The van der Waals surface area contributed by atoms with Gasteiger partial charge in [-0.1, -0.05) is 0 Å². The highest BCUT2D eigenvalue weighted by atomic mass is 16.5. The Labute approximate surface area is 88.9 Å². The maximum Gasteiger partial charge on any atom is 0.137 e. The number of nitriles is 1. The lowest BCUT2D eigenvalue weighted by atomic mass is 9.93. The first-order valence-electron chi connectivity index (χ1n) is 4.50. The fourth-order valence-electron chi connectivity index (χ4n) is 1.33. The predicted molar refractivity (Wildman–Crippen MR) is 56.6 cm³/mol. The number of nitrogens with two attached hydrogens (primary N) is 1. The molecule has 80 valence electrons. The summed E-state index contributed by atoms with van der Waals surface area (Å²) in [6.07, 6.45) is 0. The summed E-state index contributed by atoms with van der Waals surface area (Å²) >= 11 is 0. The normalized spacial score (nSPS) is 10.9. The minimum Gasteiger partial charge on any atom is -0.506 e. The van der Waals surface area contributed by atoms with E-state index in [0.717, 1.165) is 0 Å². The van der Waals surface area contributed by atoms with Gasteiger partial charge in [-0.3, -0.25) is 0 Å². The van der Waals surface area contributed by atoms with Gasteiger partial charge in [0.1, 0.15) is 17.6 Å². The number of ether oxygens (including phenoxy) is 1. The van der Waals surface area contributed by atoms with E-state index in [1.54, 1.807) is 6.07 Å². The van der Waals surface area contributed by atoms with Gasteiger partial charge < -0.3 is 15.6 Å². The van der Waals surface area contributed by atoms with Crippen LogP contribution in [0.3, 0.4) is 0 Å². The molecule has 0 bridgehead atoms. The van der Waals surface area contributed by atoms with Crippen LogP contribution in [0.25, 0.3) is 0 Å². The number of phenolic OH excluding ortho intramolecular Hbond substituents is 1. The van der Waals surface area contributed by atoms with Crippen molar-refractivity contribution in [1.82, 2.24) is 0 Å². The van der Waals surface area contributed by atoms with Crippen LogP contribution in [0.4, 0.5) is 0 Å². The van der Waals surface area contributed by atoms with E-state index in [1.165, 1.54) is 13.2 Å². The topological polar surface area (TPSA) is 79.3 Å². The van der Waals surface area contributed by atoms with Gasteiger partial charge in [0, 0.05) is 17.2 Å². The molecule has 4 nitrogen and oxygen atoms in total. The minimum atomic E-state index is -0.620. The molecule has 0 aliphatic rings. The summed E-state index contributed by atoms with van der Waals surface area (Å²) in [6, 6.07) is 4.85. The van der Waals surface area contributed by atoms with E-state index in [9.17, 15) is 5.11 Å². The molecule has 1 rings (SSSR count). The highest BCUT2D eigenvalue weighted by Crippen LogP contribution is 2.33. The third-order valence-electron chi connectivity index (χ3n) is 2.13. The van der Waals surface area contributed by atoms with Crippen LogP contribution in [0.15, 0.2) is 12.1 Å². The lowest BCUT2D eigenvalue weighted by molar-refractivity contribution is 0.388. The number of benzene rings is 1. The van der Waals surface area contributed by atoms with Gasteiger partial charge in [0.15, 0.2) is 0 Å². The summed E-state index contributed by atoms with van der Waals surface area (Å²) in [5.74, 6) is 0.390. The molecule has 0 amide bonds. The third-order valence-corrected chi connectivity index (χ3v) is 2.13.